The minimum atomic E-state index is -4.64. The predicted octanol–water partition coefficient (Wildman–Crippen LogP) is 4.40. The number of nitrogens with zero attached hydrogens (tertiary/aromatic N) is 1. The molecule has 1 aliphatic rings. The van der Waals surface area contributed by atoms with Gasteiger partial charge in [0.05, 0.1) is 15.2 Å². The first-order valence-electron chi connectivity index (χ1n) is 10.7. The van der Waals surface area contributed by atoms with Crippen LogP contribution in [0, 0.1) is 5.92 Å². The van der Waals surface area contributed by atoms with Crippen LogP contribution < -0.4 is 0 Å². The van der Waals surface area contributed by atoms with Crippen LogP contribution in [0.3, 0.4) is 0 Å². The standard InChI is InChI=1S/C24H28F3NO4S/c1-22(2,33(31,32)20-11-7-10-19(16-20)24(25,26)27)17-12-14-28(15-13-17)21(29)23(3,30)18-8-5-4-6-9-18/h4-11,16-17,30H,12-15H2,1-3H3/t23-/m0/s1. The molecule has 0 unspecified atom stereocenters. The van der Waals surface area contributed by atoms with E-state index in [2.05, 4.69) is 0 Å². The maximum atomic E-state index is 13.3. The molecule has 1 heterocycles. The first kappa shape index (κ1) is 25.2. The Bertz CT molecular complexity index is 1100. The van der Waals surface area contributed by atoms with Crippen molar-refractivity contribution in [3.63, 3.8) is 0 Å². The fraction of sp³-hybridized carbons (Fsp3) is 0.458. The third kappa shape index (κ3) is 4.80. The Morgan fingerprint density at radius 1 is 0.939 bits per heavy atom. The summed E-state index contributed by atoms with van der Waals surface area (Å²) in [6, 6.07) is 12.4. The Balaban J connectivity index is 1.76. The third-order valence-corrected chi connectivity index (χ3v) is 9.28. The number of carbonyl (C=O) groups excluding carboxylic acids is 1. The number of amides is 1. The summed E-state index contributed by atoms with van der Waals surface area (Å²) in [7, 11) is -4.08. The van der Waals surface area contributed by atoms with Gasteiger partial charge in [-0.05, 0) is 63.3 Å². The Morgan fingerprint density at radius 3 is 2.03 bits per heavy atom. The monoisotopic (exact) mass is 483 g/mol. The average Bonchev–Trinajstić information content (AvgIpc) is 2.78. The first-order chi connectivity index (χ1) is 15.2. The highest BCUT2D eigenvalue weighted by Crippen LogP contribution is 2.40. The van der Waals surface area contributed by atoms with Crippen LogP contribution in [0.15, 0.2) is 59.5 Å². The van der Waals surface area contributed by atoms with Gasteiger partial charge in [-0.15, -0.1) is 0 Å². The predicted molar refractivity (Wildman–Crippen MR) is 118 cm³/mol. The van der Waals surface area contributed by atoms with Crippen LogP contribution in [0.1, 0.15) is 44.7 Å². The lowest BCUT2D eigenvalue weighted by atomic mass is 9.85. The van der Waals surface area contributed by atoms with Gasteiger partial charge in [0.2, 0.25) is 0 Å². The molecular formula is C24H28F3NO4S. The summed E-state index contributed by atoms with van der Waals surface area (Å²) in [5.74, 6) is -0.839. The van der Waals surface area contributed by atoms with Crippen LogP contribution >= 0.6 is 0 Å². The lowest BCUT2D eigenvalue weighted by Crippen LogP contribution is -2.51. The third-order valence-electron chi connectivity index (χ3n) is 6.68. The smallest absolute Gasteiger partial charge is 0.376 e. The zero-order chi connectivity index (χ0) is 24.7. The van der Waals surface area contributed by atoms with Crippen LogP contribution in [0.4, 0.5) is 13.2 Å². The maximum absolute atomic E-state index is 13.3. The topological polar surface area (TPSA) is 74.7 Å². The van der Waals surface area contributed by atoms with Crippen LogP contribution in [0.25, 0.3) is 0 Å². The Labute approximate surface area is 192 Å². The molecule has 0 spiro atoms. The molecule has 3 rings (SSSR count). The lowest BCUT2D eigenvalue weighted by molar-refractivity contribution is -0.152. The van der Waals surface area contributed by atoms with E-state index in [0.29, 0.717) is 24.5 Å². The fourth-order valence-corrected chi connectivity index (χ4v) is 6.16. The zero-order valence-electron chi connectivity index (χ0n) is 18.8. The van der Waals surface area contributed by atoms with Crippen LogP contribution in [-0.2, 0) is 26.4 Å². The molecule has 0 aliphatic carbocycles. The molecule has 1 atom stereocenters. The average molecular weight is 484 g/mol. The largest absolute Gasteiger partial charge is 0.416 e. The second-order valence-electron chi connectivity index (χ2n) is 9.14. The number of aliphatic hydroxyl groups is 1. The molecule has 1 saturated heterocycles. The number of alkyl halides is 3. The molecule has 5 nitrogen and oxygen atoms in total. The molecule has 0 saturated carbocycles. The number of sulfone groups is 1. The molecule has 0 radical (unpaired) electrons. The van der Waals surface area contributed by atoms with E-state index < -0.39 is 37.8 Å². The summed E-state index contributed by atoms with van der Waals surface area (Å²) in [6.45, 7) is 4.95. The van der Waals surface area contributed by atoms with E-state index in [9.17, 15) is 31.5 Å². The molecule has 9 heteroatoms. The molecular weight excluding hydrogens is 455 g/mol. The Morgan fingerprint density at radius 2 is 1.48 bits per heavy atom. The summed E-state index contributed by atoms with van der Waals surface area (Å²) >= 11 is 0. The van der Waals surface area contributed by atoms with Crippen molar-refractivity contribution in [1.29, 1.82) is 0 Å². The molecule has 1 amide bonds. The molecule has 2 aromatic rings. The molecule has 2 aromatic carbocycles. The maximum Gasteiger partial charge on any atom is 0.416 e. The van der Waals surface area contributed by atoms with Crippen LogP contribution in [0.5, 0.6) is 0 Å². The molecule has 1 aliphatic heterocycles. The number of likely N-dealkylation sites (tertiary alicyclic amines) is 1. The van der Waals surface area contributed by atoms with Crippen molar-refractivity contribution in [1.82, 2.24) is 4.90 Å². The van der Waals surface area contributed by atoms with Crippen molar-refractivity contribution in [3.05, 3.63) is 65.7 Å². The highest BCUT2D eigenvalue weighted by Gasteiger charge is 2.46. The van der Waals surface area contributed by atoms with Crippen molar-refractivity contribution in [3.8, 4) is 0 Å². The summed E-state index contributed by atoms with van der Waals surface area (Å²) in [4.78, 5) is 14.1. The number of halogens is 3. The molecule has 1 fully saturated rings. The highest BCUT2D eigenvalue weighted by atomic mass is 32.2. The summed E-state index contributed by atoms with van der Waals surface area (Å²) in [5, 5.41) is 10.8. The van der Waals surface area contributed by atoms with E-state index >= 15 is 0 Å². The number of hydrogen-bond acceptors (Lipinski definition) is 4. The number of carbonyl (C=O) groups is 1. The van der Waals surface area contributed by atoms with Gasteiger partial charge in [0.25, 0.3) is 5.91 Å². The molecule has 1 N–H and O–H groups in total. The van der Waals surface area contributed by atoms with E-state index in [1.165, 1.54) is 31.7 Å². The van der Waals surface area contributed by atoms with Crippen molar-refractivity contribution in [2.24, 2.45) is 5.92 Å². The number of rotatable bonds is 5. The lowest BCUT2D eigenvalue weighted by Gasteiger charge is -2.41. The summed E-state index contributed by atoms with van der Waals surface area (Å²) in [5.41, 5.74) is -2.26. The number of benzene rings is 2. The van der Waals surface area contributed by atoms with E-state index in [1.54, 1.807) is 30.3 Å². The quantitative estimate of drug-likeness (QED) is 0.684. The summed E-state index contributed by atoms with van der Waals surface area (Å²) in [6.07, 6.45) is -3.94. The summed E-state index contributed by atoms with van der Waals surface area (Å²) < 4.78 is 64.5. The van der Waals surface area contributed by atoms with Crippen molar-refractivity contribution in [2.45, 2.75) is 55.0 Å². The van der Waals surface area contributed by atoms with Crippen molar-refractivity contribution >= 4 is 15.7 Å². The normalized spacial score (nSPS) is 18.1. The van der Waals surface area contributed by atoms with E-state index in [0.717, 1.165) is 12.1 Å². The molecule has 180 valence electrons. The first-order valence-corrected chi connectivity index (χ1v) is 12.2. The van der Waals surface area contributed by atoms with Crippen molar-refractivity contribution < 1.29 is 31.5 Å². The van der Waals surface area contributed by atoms with Gasteiger partial charge in [-0.25, -0.2) is 8.42 Å². The molecule has 0 aromatic heterocycles. The minimum Gasteiger partial charge on any atom is -0.376 e. The molecule has 33 heavy (non-hydrogen) atoms. The Kier molecular flexibility index (Phi) is 6.70. The van der Waals surface area contributed by atoms with E-state index in [-0.39, 0.29) is 23.9 Å². The second kappa shape index (κ2) is 8.76. The zero-order valence-corrected chi connectivity index (χ0v) is 19.6. The van der Waals surface area contributed by atoms with E-state index in [1.807, 2.05) is 0 Å². The van der Waals surface area contributed by atoms with Gasteiger partial charge in [-0.2, -0.15) is 13.2 Å². The number of piperidine rings is 1. The van der Waals surface area contributed by atoms with Gasteiger partial charge >= 0.3 is 6.18 Å². The SMILES string of the molecule is CC(C)(C1CCN(C(=O)[C@@](C)(O)c2ccccc2)CC1)S(=O)(=O)c1cccc(C(F)(F)F)c1. The van der Waals surface area contributed by atoms with Crippen molar-refractivity contribution in [2.75, 3.05) is 13.1 Å². The number of hydrogen-bond donors (Lipinski definition) is 1. The van der Waals surface area contributed by atoms with Crippen LogP contribution in [-0.4, -0.2) is 42.2 Å². The Hall–Kier alpha value is -2.39. The molecule has 0 bridgehead atoms. The fourth-order valence-electron chi connectivity index (χ4n) is 4.33. The van der Waals surface area contributed by atoms with E-state index in [4.69, 9.17) is 0 Å². The highest BCUT2D eigenvalue weighted by molar-refractivity contribution is 7.92. The second-order valence-corrected chi connectivity index (χ2v) is 11.7. The van der Waals surface area contributed by atoms with Gasteiger partial charge in [-0.1, -0.05) is 36.4 Å². The van der Waals surface area contributed by atoms with Gasteiger partial charge in [0.1, 0.15) is 0 Å². The van der Waals surface area contributed by atoms with Gasteiger partial charge < -0.3 is 10.0 Å². The van der Waals surface area contributed by atoms with Gasteiger partial charge in [0, 0.05) is 13.1 Å². The minimum absolute atomic E-state index is 0.244. The van der Waals surface area contributed by atoms with Gasteiger partial charge in [-0.3, -0.25) is 4.79 Å². The van der Waals surface area contributed by atoms with Crippen LogP contribution in [0.2, 0.25) is 0 Å². The van der Waals surface area contributed by atoms with Gasteiger partial charge in [0.15, 0.2) is 15.4 Å².